The zero-order valence-electron chi connectivity index (χ0n) is 8.38. The van der Waals surface area contributed by atoms with Crippen molar-refractivity contribution in [1.82, 2.24) is 4.90 Å². The molecule has 0 spiro atoms. The van der Waals surface area contributed by atoms with Crippen molar-refractivity contribution < 1.29 is 9.53 Å². The van der Waals surface area contributed by atoms with Crippen LogP contribution in [0.1, 0.15) is 0 Å². The number of rotatable bonds is 0. The minimum atomic E-state index is -0.392. The highest BCUT2D eigenvalue weighted by Gasteiger charge is 2.07. The Kier molecular flexibility index (Phi) is 2.54. The molecule has 3 nitrogen and oxygen atoms in total. The Morgan fingerprint density at radius 2 is 2.00 bits per heavy atom. The Labute approximate surface area is 87.6 Å². The summed E-state index contributed by atoms with van der Waals surface area (Å²) in [6, 6.07) is 7.85. The van der Waals surface area contributed by atoms with E-state index in [2.05, 4.69) is 4.74 Å². The van der Waals surface area contributed by atoms with Crippen molar-refractivity contribution in [3.05, 3.63) is 47.0 Å². The lowest BCUT2D eigenvalue weighted by Crippen LogP contribution is -2.28. The van der Waals surface area contributed by atoms with E-state index < -0.39 is 6.09 Å². The summed E-state index contributed by atoms with van der Waals surface area (Å²) in [5.74, 6) is 0. The Morgan fingerprint density at radius 1 is 1.27 bits per heavy atom. The van der Waals surface area contributed by atoms with Gasteiger partial charge < -0.3 is 4.74 Å². The molecule has 0 bridgehead atoms. The SMILES string of the molecule is COC(=O)N1C=CC=c2ccccc2=C1. The number of ether oxygens (including phenoxy) is 1. The first-order valence-electron chi connectivity index (χ1n) is 4.63. The fourth-order valence-electron chi connectivity index (χ4n) is 1.43. The molecule has 1 amide bonds. The Morgan fingerprint density at radius 3 is 2.73 bits per heavy atom. The van der Waals surface area contributed by atoms with Gasteiger partial charge in [0.2, 0.25) is 0 Å². The van der Waals surface area contributed by atoms with E-state index in [4.69, 9.17) is 0 Å². The molecule has 0 saturated carbocycles. The molecule has 1 aliphatic rings. The third-order valence-corrected chi connectivity index (χ3v) is 2.18. The number of nitrogens with zero attached hydrogens (tertiary/aromatic N) is 1. The van der Waals surface area contributed by atoms with E-state index in [0.717, 1.165) is 10.4 Å². The number of allylic oxidation sites excluding steroid dienone is 1. The maximum absolute atomic E-state index is 11.3. The average Bonchev–Trinajstić information content (AvgIpc) is 2.49. The molecule has 0 unspecified atom stereocenters. The fourth-order valence-corrected chi connectivity index (χ4v) is 1.43. The predicted octanol–water partition coefficient (Wildman–Crippen LogP) is 0.801. The fraction of sp³-hybridized carbons (Fsp3) is 0.0833. The van der Waals surface area contributed by atoms with Crippen LogP contribution in [-0.4, -0.2) is 18.1 Å². The lowest BCUT2D eigenvalue weighted by Gasteiger charge is -2.09. The summed E-state index contributed by atoms with van der Waals surface area (Å²) in [7, 11) is 1.37. The summed E-state index contributed by atoms with van der Waals surface area (Å²) in [6.45, 7) is 0. The highest BCUT2D eigenvalue weighted by molar-refractivity contribution is 5.74. The molecule has 15 heavy (non-hydrogen) atoms. The maximum atomic E-state index is 11.3. The largest absolute Gasteiger partial charge is 0.452 e. The number of benzene rings is 1. The highest BCUT2D eigenvalue weighted by atomic mass is 16.5. The Hall–Kier alpha value is -2.03. The van der Waals surface area contributed by atoms with Gasteiger partial charge in [0.25, 0.3) is 0 Å². The van der Waals surface area contributed by atoms with Gasteiger partial charge >= 0.3 is 6.09 Å². The lowest BCUT2D eigenvalue weighted by molar-refractivity contribution is 0.155. The highest BCUT2D eigenvalue weighted by Crippen LogP contribution is 1.97. The monoisotopic (exact) mass is 201 g/mol. The molecule has 3 heteroatoms. The van der Waals surface area contributed by atoms with E-state index in [9.17, 15) is 4.79 Å². The van der Waals surface area contributed by atoms with Crippen LogP contribution in [0.5, 0.6) is 0 Å². The molecule has 1 aromatic carbocycles. The van der Waals surface area contributed by atoms with Crippen LogP contribution in [0.25, 0.3) is 12.3 Å². The summed E-state index contributed by atoms with van der Waals surface area (Å²) in [4.78, 5) is 12.8. The first kappa shape index (κ1) is 9.52. The third-order valence-electron chi connectivity index (χ3n) is 2.18. The Balaban J connectivity index is 2.53. The molecule has 0 N–H and O–H groups in total. The minimum Gasteiger partial charge on any atom is -0.452 e. The van der Waals surface area contributed by atoms with Crippen LogP contribution in [0.15, 0.2) is 36.5 Å². The van der Waals surface area contributed by atoms with Crippen molar-refractivity contribution in [2.24, 2.45) is 0 Å². The zero-order chi connectivity index (χ0) is 10.7. The smallest absolute Gasteiger partial charge is 0.417 e. The minimum absolute atomic E-state index is 0.392. The van der Waals surface area contributed by atoms with E-state index >= 15 is 0 Å². The van der Waals surface area contributed by atoms with Crippen molar-refractivity contribution in [2.45, 2.75) is 0 Å². The van der Waals surface area contributed by atoms with Crippen molar-refractivity contribution in [3.8, 4) is 0 Å². The van der Waals surface area contributed by atoms with Crippen LogP contribution in [0.2, 0.25) is 0 Å². The lowest BCUT2D eigenvalue weighted by atomic mass is 10.2. The molecular weight excluding hydrogens is 190 g/mol. The van der Waals surface area contributed by atoms with Gasteiger partial charge in [-0.25, -0.2) is 4.79 Å². The number of methoxy groups -OCH3 is 1. The molecule has 0 aliphatic carbocycles. The standard InChI is InChI=1S/C12H11NO2/c1-15-12(14)13-8-4-7-10-5-2-3-6-11(10)9-13/h2-9H,1H3. The van der Waals surface area contributed by atoms with Crippen molar-refractivity contribution in [2.75, 3.05) is 7.11 Å². The molecule has 2 rings (SSSR count). The van der Waals surface area contributed by atoms with Gasteiger partial charge in [-0.2, -0.15) is 0 Å². The van der Waals surface area contributed by atoms with E-state index in [1.54, 1.807) is 12.4 Å². The first-order valence-corrected chi connectivity index (χ1v) is 4.63. The van der Waals surface area contributed by atoms with Gasteiger partial charge in [-0.05, 0) is 16.5 Å². The average molecular weight is 201 g/mol. The van der Waals surface area contributed by atoms with Crippen LogP contribution in [-0.2, 0) is 4.74 Å². The van der Waals surface area contributed by atoms with E-state index in [-0.39, 0.29) is 0 Å². The molecular formula is C12H11NO2. The van der Waals surface area contributed by atoms with E-state index in [1.807, 2.05) is 36.4 Å². The third kappa shape index (κ3) is 1.91. The first-order chi connectivity index (χ1) is 7.31. The molecule has 0 atom stereocenters. The Bertz CT molecular complexity index is 517. The van der Waals surface area contributed by atoms with Crippen LogP contribution in [0, 0.1) is 0 Å². The van der Waals surface area contributed by atoms with Crippen LogP contribution in [0.3, 0.4) is 0 Å². The van der Waals surface area contributed by atoms with Gasteiger partial charge in [0.1, 0.15) is 0 Å². The van der Waals surface area contributed by atoms with Gasteiger partial charge in [0.05, 0.1) is 7.11 Å². The number of hydrogen-bond donors (Lipinski definition) is 0. The summed E-state index contributed by atoms with van der Waals surface area (Å²) < 4.78 is 4.65. The normalized spacial score (nSPS) is 13.3. The topological polar surface area (TPSA) is 29.5 Å². The predicted molar refractivity (Wildman–Crippen MR) is 58.0 cm³/mol. The number of hydrogen-bond acceptors (Lipinski definition) is 2. The van der Waals surface area contributed by atoms with Gasteiger partial charge in [-0.1, -0.05) is 30.3 Å². The maximum Gasteiger partial charge on any atom is 0.417 e. The summed E-state index contributed by atoms with van der Waals surface area (Å²) in [5.41, 5.74) is 0. The van der Waals surface area contributed by atoms with Gasteiger partial charge in [0, 0.05) is 12.4 Å². The summed E-state index contributed by atoms with van der Waals surface area (Å²) in [5, 5.41) is 2.08. The van der Waals surface area contributed by atoms with Crippen molar-refractivity contribution in [1.29, 1.82) is 0 Å². The summed E-state index contributed by atoms with van der Waals surface area (Å²) in [6.07, 6.45) is 6.80. The second-order valence-corrected chi connectivity index (χ2v) is 3.14. The van der Waals surface area contributed by atoms with Gasteiger partial charge in [-0.3, -0.25) is 4.90 Å². The van der Waals surface area contributed by atoms with Crippen LogP contribution in [0.4, 0.5) is 4.79 Å². The molecule has 76 valence electrons. The molecule has 0 fully saturated rings. The number of carbonyl (C=O) groups is 1. The van der Waals surface area contributed by atoms with Crippen molar-refractivity contribution >= 4 is 18.4 Å². The molecule has 1 aliphatic heterocycles. The zero-order valence-corrected chi connectivity index (χ0v) is 8.38. The second-order valence-electron chi connectivity index (χ2n) is 3.14. The number of amides is 1. The molecule has 1 heterocycles. The van der Waals surface area contributed by atoms with E-state index in [1.165, 1.54) is 12.0 Å². The number of fused-ring (bicyclic) bond motifs is 1. The molecule has 0 radical (unpaired) electrons. The van der Waals surface area contributed by atoms with Crippen molar-refractivity contribution in [3.63, 3.8) is 0 Å². The van der Waals surface area contributed by atoms with Gasteiger partial charge in [0.15, 0.2) is 0 Å². The molecule has 1 aromatic rings. The van der Waals surface area contributed by atoms with Crippen LogP contribution < -0.4 is 10.4 Å². The van der Waals surface area contributed by atoms with Crippen LogP contribution >= 0.6 is 0 Å². The van der Waals surface area contributed by atoms with Gasteiger partial charge in [-0.15, -0.1) is 0 Å². The second kappa shape index (κ2) is 4.00. The number of carbonyl (C=O) groups excluding carboxylic acids is 1. The quantitative estimate of drug-likeness (QED) is 0.621. The molecule has 0 saturated heterocycles. The van der Waals surface area contributed by atoms with E-state index in [0.29, 0.717) is 0 Å². The molecule has 0 aromatic heterocycles. The summed E-state index contributed by atoms with van der Waals surface area (Å²) >= 11 is 0.